The predicted octanol–water partition coefficient (Wildman–Crippen LogP) is 0.803. The summed E-state index contributed by atoms with van der Waals surface area (Å²) in [6.45, 7) is 9.75. The van der Waals surface area contributed by atoms with Crippen LogP contribution in [0, 0.1) is 6.92 Å². The van der Waals surface area contributed by atoms with E-state index in [1.54, 1.807) is 4.57 Å². The Morgan fingerprint density at radius 3 is 2.64 bits per heavy atom. The first kappa shape index (κ1) is 15.0. The molecular formula is C15H23N5O2. The maximum Gasteiger partial charge on any atom is 0.332 e. The van der Waals surface area contributed by atoms with Crippen LogP contribution >= 0.6 is 0 Å². The quantitative estimate of drug-likeness (QED) is 0.910. The minimum Gasteiger partial charge on any atom is -0.318 e. The van der Waals surface area contributed by atoms with Gasteiger partial charge in [0, 0.05) is 25.2 Å². The van der Waals surface area contributed by atoms with E-state index in [4.69, 9.17) is 0 Å². The Kier molecular flexibility index (Phi) is 3.68. The van der Waals surface area contributed by atoms with Crippen molar-refractivity contribution in [2.45, 2.75) is 52.7 Å². The van der Waals surface area contributed by atoms with Crippen LogP contribution < -0.4 is 16.6 Å². The van der Waals surface area contributed by atoms with E-state index in [-0.39, 0.29) is 23.3 Å². The molecule has 0 aromatic carbocycles. The topological polar surface area (TPSA) is 73.8 Å². The Balaban J connectivity index is 2.45. The van der Waals surface area contributed by atoms with Gasteiger partial charge in [0.05, 0.1) is 0 Å². The van der Waals surface area contributed by atoms with Crippen LogP contribution in [0.15, 0.2) is 9.59 Å². The molecule has 1 aliphatic heterocycles. The van der Waals surface area contributed by atoms with Gasteiger partial charge in [0.2, 0.25) is 0 Å². The lowest BCUT2D eigenvalue weighted by Crippen LogP contribution is -2.41. The van der Waals surface area contributed by atoms with E-state index in [0.29, 0.717) is 17.7 Å². The third kappa shape index (κ3) is 2.03. The van der Waals surface area contributed by atoms with Gasteiger partial charge in [-0.15, -0.1) is 0 Å². The van der Waals surface area contributed by atoms with Crippen LogP contribution in [-0.4, -0.2) is 31.8 Å². The molecule has 3 heterocycles. The van der Waals surface area contributed by atoms with Gasteiger partial charge in [-0.2, -0.15) is 0 Å². The van der Waals surface area contributed by atoms with Crippen molar-refractivity contribution in [3.8, 4) is 0 Å². The third-order valence-electron chi connectivity index (χ3n) is 4.41. The van der Waals surface area contributed by atoms with E-state index >= 15 is 0 Å². The van der Waals surface area contributed by atoms with Gasteiger partial charge in [-0.3, -0.25) is 13.9 Å². The van der Waals surface area contributed by atoms with Gasteiger partial charge < -0.3 is 9.88 Å². The highest BCUT2D eigenvalue weighted by Gasteiger charge is 2.26. The second-order valence-corrected chi connectivity index (χ2v) is 6.14. The van der Waals surface area contributed by atoms with Crippen molar-refractivity contribution in [3.05, 3.63) is 26.7 Å². The molecule has 3 rings (SSSR count). The van der Waals surface area contributed by atoms with Crippen LogP contribution in [0.4, 0.5) is 0 Å². The molecule has 1 atom stereocenters. The van der Waals surface area contributed by atoms with Gasteiger partial charge in [0.15, 0.2) is 11.2 Å². The van der Waals surface area contributed by atoms with E-state index in [1.165, 1.54) is 4.57 Å². The Hall–Kier alpha value is -1.89. The van der Waals surface area contributed by atoms with Gasteiger partial charge in [-0.1, -0.05) is 0 Å². The summed E-state index contributed by atoms with van der Waals surface area (Å²) >= 11 is 0. The van der Waals surface area contributed by atoms with Gasteiger partial charge in [-0.25, -0.2) is 9.78 Å². The number of aromatic nitrogens is 4. The second-order valence-electron chi connectivity index (χ2n) is 6.14. The molecule has 0 amide bonds. The normalized spacial score (nSPS) is 18.7. The average Bonchev–Trinajstić information content (AvgIpc) is 3.05. The molecule has 0 spiro atoms. The maximum atomic E-state index is 12.8. The molecule has 0 radical (unpaired) electrons. The lowest BCUT2D eigenvalue weighted by molar-refractivity contribution is 0.524. The Labute approximate surface area is 128 Å². The highest BCUT2D eigenvalue weighted by atomic mass is 16.2. The first-order valence-corrected chi connectivity index (χ1v) is 7.92. The first-order chi connectivity index (χ1) is 10.5. The highest BCUT2D eigenvalue weighted by molar-refractivity contribution is 5.71. The van der Waals surface area contributed by atoms with Gasteiger partial charge >= 0.3 is 5.69 Å². The first-order valence-electron chi connectivity index (χ1n) is 7.92. The van der Waals surface area contributed by atoms with Crippen LogP contribution in [0.1, 0.15) is 45.1 Å². The molecule has 1 saturated heterocycles. The Morgan fingerprint density at radius 2 is 2.09 bits per heavy atom. The molecule has 1 unspecified atom stereocenters. The molecule has 22 heavy (non-hydrogen) atoms. The predicted molar refractivity (Wildman–Crippen MR) is 85.6 cm³/mol. The standard InChI is InChI=1S/C15H23N5O2/c1-5-18-14(21)12-13(19(9(2)3)15(18)22)17-10(4)20(12)11-6-7-16-8-11/h9,11,16H,5-8H2,1-4H3. The van der Waals surface area contributed by atoms with Crippen LogP contribution in [0.2, 0.25) is 0 Å². The zero-order valence-corrected chi connectivity index (χ0v) is 13.6. The van der Waals surface area contributed by atoms with E-state index in [1.807, 2.05) is 32.3 Å². The summed E-state index contributed by atoms with van der Waals surface area (Å²) in [6.07, 6.45) is 0.971. The highest BCUT2D eigenvalue weighted by Crippen LogP contribution is 2.23. The fourth-order valence-corrected chi connectivity index (χ4v) is 3.38. The largest absolute Gasteiger partial charge is 0.332 e. The second kappa shape index (κ2) is 5.39. The fourth-order valence-electron chi connectivity index (χ4n) is 3.38. The SMILES string of the molecule is CCn1c(=O)c2c(nc(C)n2C2CCNC2)n(C(C)C)c1=O. The number of imidazole rings is 1. The molecule has 2 aromatic rings. The van der Waals surface area contributed by atoms with E-state index in [0.717, 1.165) is 25.3 Å². The molecule has 0 bridgehead atoms. The number of hydrogen-bond donors (Lipinski definition) is 1. The lowest BCUT2D eigenvalue weighted by Gasteiger charge is -2.16. The smallest absolute Gasteiger partial charge is 0.318 e. The maximum absolute atomic E-state index is 12.8. The fraction of sp³-hybridized carbons (Fsp3) is 0.667. The van der Waals surface area contributed by atoms with Crippen LogP contribution in [-0.2, 0) is 6.54 Å². The molecule has 1 aliphatic rings. The number of fused-ring (bicyclic) bond motifs is 1. The van der Waals surface area contributed by atoms with E-state index < -0.39 is 0 Å². The Morgan fingerprint density at radius 1 is 1.36 bits per heavy atom. The number of aryl methyl sites for hydroxylation is 1. The monoisotopic (exact) mass is 305 g/mol. The van der Waals surface area contributed by atoms with Crippen LogP contribution in [0.5, 0.6) is 0 Å². The summed E-state index contributed by atoms with van der Waals surface area (Å²) < 4.78 is 4.95. The third-order valence-corrected chi connectivity index (χ3v) is 4.41. The van der Waals surface area contributed by atoms with Crippen molar-refractivity contribution < 1.29 is 0 Å². The zero-order valence-electron chi connectivity index (χ0n) is 13.6. The van der Waals surface area contributed by atoms with Crippen molar-refractivity contribution in [3.63, 3.8) is 0 Å². The summed E-state index contributed by atoms with van der Waals surface area (Å²) in [5, 5.41) is 3.32. The van der Waals surface area contributed by atoms with Crippen LogP contribution in [0.25, 0.3) is 11.2 Å². The molecule has 2 aromatic heterocycles. The van der Waals surface area contributed by atoms with Crippen molar-refractivity contribution >= 4 is 11.2 Å². The Bertz CT molecular complexity index is 821. The average molecular weight is 305 g/mol. The van der Waals surface area contributed by atoms with Crippen molar-refractivity contribution in [2.24, 2.45) is 0 Å². The van der Waals surface area contributed by atoms with Gasteiger partial charge in [-0.05, 0) is 40.7 Å². The molecule has 120 valence electrons. The molecule has 1 fully saturated rings. The molecular weight excluding hydrogens is 282 g/mol. The van der Waals surface area contributed by atoms with Gasteiger partial charge in [0.25, 0.3) is 5.56 Å². The summed E-state index contributed by atoms with van der Waals surface area (Å²) in [5.41, 5.74) is 0.566. The minimum absolute atomic E-state index is 0.0437. The van der Waals surface area contributed by atoms with Crippen LogP contribution in [0.3, 0.4) is 0 Å². The lowest BCUT2D eigenvalue weighted by atomic mass is 10.2. The molecule has 0 aliphatic carbocycles. The number of nitrogens with zero attached hydrogens (tertiary/aromatic N) is 4. The van der Waals surface area contributed by atoms with E-state index in [2.05, 4.69) is 10.3 Å². The summed E-state index contributed by atoms with van der Waals surface area (Å²) in [4.78, 5) is 30.0. The summed E-state index contributed by atoms with van der Waals surface area (Å²) in [5.74, 6) is 0.795. The number of nitrogens with one attached hydrogen (secondary N) is 1. The van der Waals surface area contributed by atoms with Crippen molar-refractivity contribution in [2.75, 3.05) is 13.1 Å². The number of rotatable bonds is 3. The minimum atomic E-state index is -0.274. The summed E-state index contributed by atoms with van der Waals surface area (Å²) in [6, 6.07) is 0.180. The van der Waals surface area contributed by atoms with Crippen molar-refractivity contribution in [1.29, 1.82) is 0 Å². The molecule has 7 nitrogen and oxygen atoms in total. The number of hydrogen-bond acceptors (Lipinski definition) is 4. The van der Waals surface area contributed by atoms with Gasteiger partial charge in [0.1, 0.15) is 5.82 Å². The molecule has 0 saturated carbocycles. The summed E-state index contributed by atoms with van der Waals surface area (Å²) in [7, 11) is 0. The molecule has 1 N–H and O–H groups in total. The van der Waals surface area contributed by atoms with Crippen molar-refractivity contribution in [1.82, 2.24) is 24.0 Å². The zero-order chi connectivity index (χ0) is 16.0. The van der Waals surface area contributed by atoms with E-state index in [9.17, 15) is 9.59 Å². The molecule has 7 heteroatoms.